The van der Waals surface area contributed by atoms with E-state index in [1.807, 2.05) is 0 Å². The molecule has 0 spiro atoms. The van der Waals surface area contributed by atoms with E-state index in [0.29, 0.717) is 11.8 Å². The van der Waals surface area contributed by atoms with Gasteiger partial charge in [-0.05, 0) is 31.9 Å². The van der Waals surface area contributed by atoms with Crippen molar-refractivity contribution in [2.75, 3.05) is 19.7 Å². The van der Waals surface area contributed by atoms with Crippen molar-refractivity contribution < 1.29 is 14.5 Å². The largest absolute Gasteiger partial charge is 0.484 e. The molecule has 1 amide bonds. The van der Waals surface area contributed by atoms with E-state index in [2.05, 4.69) is 10.2 Å². The molecule has 1 aromatic rings. The Balaban J connectivity index is 1.50. The van der Waals surface area contributed by atoms with Gasteiger partial charge in [-0.1, -0.05) is 12.5 Å². The zero-order valence-corrected chi connectivity index (χ0v) is 12.9. The second-order valence-corrected chi connectivity index (χ2v) is 6.10. The SMILES string of the molecule is O=C(COc1cccc([N+](=O)[O-])c1)N[C@@H]1CCN2CCCC[C@H]12. The maximum Gasteiger partial charge on any atom is 0.273 e. The fourth-order valence-electron chi connectivity index (χ4n) is 3.50. The predicted molar refractivity (Wildman–Crippen MR) is 84.4 cm³/mol. The van der Waals surface area contributed by atoms with Gasteiger partial charge in [-0.3, -0.25) is 19.8 Å². The van der Waals surface area contributed by atoms with E-state index < -0.39 is 4.92 Å². The predicted octanol–water partition coefficient (Wildman–Crippen LogP) is 1.72. The second-order valence-electron chi connectivity index (χ2n) is 6.10. The average Bonchev–Trinajstić information content (AvgIpc) is 2.96. The highest BCUT2D eigenvalue weighted by atomic mass is 16.6. The van der Waals surface area contributed by atoms with Crippen LogP contribution < -0.4 is 10.1 Å². The van der Waals surface area contributed by atoms with E-state index in [-0.39, 0.29) is 24.2 Å². The first kappa shape index (κ1) is 15.7. The number of carbonyl (C=O) groups is 1. The number of non-ortho nitro benzene ring substituents is 1. The maximum absolute atomic E-state index is 12.1. The Morgan fingerprint density at radius 1 is 1.35 bits per heavy atom. The van der Waals surface area contributed by atoms with Crippen LogP contribution in [0.1, 0.15) is 25.7 Å². The van der Waals surface area contributed by atoms with E-state index in [1.54, 1.807) is 12.1 Å². The molecule has 2 aliphatic rings. The number of nitro groups is 1. The molecular formula is C16H21N3O4. The molecule has 0 aromatic heterocycles. The number of ether oxygens (including phenoxy) is 1. The van der Waals surface area contributed by atoms with Crippen molar-refractivity contribution in [3.8, 4) is 5.75 Å². The van der Waals surface area contributed by atoms with Crippen LogP contribution in [0.15, 0.2) is 24.3 Å². The number of fused-ring (bicyclic) bond motifs is 1. The molecule has 124 valence electrons. The van der Waals surface area contributed by atoms with Gasteiger partial charge < -0.3 is 10.1 Å². The maximum atomic E-state index is 12.1. The number of hydrogen-bond acceptors (Lipinski definition) is 5. The Morgan fingerprint density at radius 3 is 3.04 bits per heavy atom. The highest BCUT2D eigenvalue weighted by molar-refractivity contribution is 5.78. The number of piperidine rings is 1. The van der Waals surface area contributed by atoms with Crippen LogP contribution in [0.5, 0.6) is 5.75 Å². The lowest BCUT2D eigenvalue weighted by Crippen LogP contribution is -2.47. The molecule has 23 heavy (non-hydrogen) atoms. The molecule has 2 aliphatic heterocycles. The third kappa shape index (κ3) is 3.79. The van der Waals surface area contributed by atoms with Crippen molar-refractivity contribution in [3.63, 3.8) is 0 Å². The van der Waals surface area contributed by atoms with Gasteiger partial charge in [-0.25, -0.2) is 0 Å². The number of amides is 1. The molecule has 0 aliphatic carbocycles. The zero-order chi connectivity index (χ0) is 16.2. The third-order valence-electron chi connectivity index (χ3n) is 4.60. The first-order valence-corrected chi connectivity index (χ1v) is 8.04. The van der Waals surface area contributed by atoms with E-state index in [4.69, 9.17) is 4.74 Å². The zero-order valence-electron chi connectivity index (χ0n) is 12.9. The van der Waals surface area contributed by atoms with Gasteiger partial charge >= 0.3 is 0 Å². The van der Waals surface area contributed by atoms with Crippen molar-refractivity contribution >= 4 is 11.6 Å². The van der Waals surface area contributed by atoms with Crippen LogP contribution >= 0.6 is 0 Å². The summed E-state index contributed by atoms with van der Waals surface area (Å²) in [5.41, 5.74) is -0.0449. The number of nitrogens with one attached hydrogen (secondary N) is 1. The van der Waals surface area contributed by atoms with Crippen LogP contribution in [-0.2, 0) is 4.79 Å². The van der Waals surface area contributed by atoms with Crippen molar-refractivity contribution in [1.82, 2.24) is 10.2 Å². The van der Waals surface area contributed by atoms with Gasteiger partial charge in [0.05, 0.1) is 11.0 Å². The van der Waals surface area contributed by atoms with E-state index in [9.17, 15) is 14.9 Å². The average molecular weight is 319 g/mol. The van der Waals surface area contributed by atoms with Gasteiger partial charge in [0.25, 0.3) is 11.6 Å². The van der Waals surface area contributed by atoms with Gasteiger partial charge in [-0.15, -0.1) is 0 Å². The van der Waals surface area contributed by atoms with Crippen molar-refractivity contribution in [1.29, 1.82) is 0 Å². The third-order valence-corrected chi connectivity index (χ3v) is 4.60. The monoisotopic (exact) mass is 319 g/mol. The molecular weight excluding hydrogens is 298 g/mol. The van der Waals surface area contributed by atoms with Gasteiger partial charge in [0.15, 0.2) is 6.61 Å². The summed E-state index contributed by atoms with van der Waals surface area (Å²) in [5, 5.41) is 13.8. The lowest BCUT2D eigenvalue weighted by Gasteiger charge is -2.32. The summed E-state index contributed by atoms with van der Waals surface area (Å²) in [6.07, 6.45) is 4.58. The molecule has 1 aromatic carbocycles. The lowest BCUT2D eigenvalue weighted by atomic mass is 9.99. The quantitative estimate of drug-likeness (QED) is 0.660. The molecule has 0 saturated carbocycles. The summed E-state index contributed by atoms with van der Waals surface area (Å²) in [6, 6.07) is 6.51. The molecule has 2 fully saturated rings. The number of carbonyl (C=O) groups excluding carboxylic acids is 1. The minimum absolute atomic E-state index is 0.0449. The van der Waals surface area contributed by atoms with Crippen LogP contribution in [0.3, 0.4) is 0 Å². The number of rotatable bonds is 5. The molecule has 2 atom stereocenters. The normalized spacial score (nSPS) is 24.0. The van der Waals surface area contributed by atoms with Gasteiger partial charge in [-0.2, -0.15) is 0 Å². The fourth-order valence-corrected chi connectivity index (χ4v) is 3.50. The van der Waals surface area contributed by atoms with Crippen LogP contribution in [0.2, 0.25) is 0 Å². The molecule has 0 radical (unpaired) electrons. The number of benzene rings is 1. The minimum atomic E-state index is -0.483. The second kappa shape index (κ2) is 6.95. The number of nitrogens with zero attached hydrogens (tertiary/aromatic N) is 2. The Morgan fingerprint density at radius 2 is 2.22 bits per heavy atom. The highest BCUT2D eigenvalue weighted by Gasteiger charge is 2.36. The number of hydrogen-bond donors (Lipinski definition) is 1. The first-order chi connectivity index (χ1) is 11.1. The smallest absolute Gasteiger partial charge is 0.273 e. The van der Waals surface area contributed by atoms with Crippen molar-refractivity contribution in [3.05, 3.63) is 34.4 Å². The van der Waals surface area contributed by atoms with Gasteiger partial charge in [0.2, 0.25) is 0 Å². The van der Waals surface area contributed by atoms with E-state index >= 15 is 0 Å². The topological polar surface area (TPSA) is 84.7 Å². The lowest BCUT2D eigenvalue weighted by molar-refractivity contribution is -0.384. The Hall–Kier alpha value is -2.15. The summed E-state index contributed by atoms with van der Waals surface area (Å²) >= 11 is 0. The van der Waals surface area contributed by atoms with E-state index in [0.717, 1.165) is 25.9 Å². The van der Waals surface area contributed by atoms with Crippen molar-refractivity contribution in [2.24, 2.45) is 0 Å². The molecule has 3 rings (SSSR count). The van der Waals surface area contributed by atoms with Crippen LogP contribution in [0, 0.1) is 10.1 Å². The summed E-state index contributed by atoms with van der Waals surface area (Å²) in [7, 11) is 0. The van der Waals surface area contributed by atoms with E-state index in [1.165, 1.54) is 25.0 Å². The van der Waals surface area contributed by atoms with Crippen LogP contribution in [-0.4, -0.2) is 47.5 Å². The van der Waals surface area contributed by atoms with Gasteiger partial charge in [0.1, 0.15) is 5.75 Å². The standard InChI is InChI=1S/C16H21N3O4/c20-16(11-23-13-5-3-4-12(10-13)19(21)22)17-14-7-9-18-8-2-1-6-15(14)18/h3-5,10,14-15H,1-2,6-9,11H2,(H,17,20)/t14-,15-/m1/s1. The summed E-state index contributed by atoms with van der Waals surface area (Å²) in [6.45, 7) is 2.05. The number of nitro benzene ring substituents is 1. The molecule has 7 nitrogen and oxygen atoms in total. The van der Waals surface area contributed by atoms with Crippen molar-refractivity contribution in [2.45, 2.75) is 37.8 Å². The Kier molecular flexibility index (Phi) is 4.76. The Bertz CT molecular complexity index is 592. The molecule has 2 heterocycles. The fraction of sp³-hybridized carbons (Fsp3) is 0.562. The molecule has 2 saturated heterocycles. The summed E-state index contributed by atoms with van der Waals surface area (Å²) < 4.78 is 5.37. The summed E-state index contributed by atoms with van der Waals surface area (Å²) in [5.74, 6) is 0.161. The molecule has 1 N–H and O–H groups in total. The molecule has 0 bridgehead atoms. The minimum Gasteiger partial charge on any atom is -0.484 e. The first-order valence-electron chi connectivity index (χ1n) is 8.04. The molecule has 7 heteroatoms. The summed E-state index contributed by atoms with van der Waals surface area (Å²) in [4.78, 5) is 24.8. The van der Waals surface area contributed by atoms with Crippen LogP contribution in [0.4, 0.5) is 5.69 Å². The van der Waals surface area contributed by atoms with Crippen LogP contribution in [0.25, 0.3) is 0 Å². The highest BCUT2D eigenvalue weighted by Crippen LogP contribution is 2.27. The van der Waals surface area contributed by atoms with Gasteiger partial charge in [0, 0.05) is 24.7 Å². The molecule has 0 unspecified atom stereocenters. The Labute approximate surface area is 134 Å².